The van der Waals surface area contributed by atoms with Crippen molar-refractivity contribution in [3.8, 4) is 0 Å². The number of fused-ring (bicyclic) bond motifs is 1. The number of aromatic nitrogens is 2. The van der Waals surface area contributed by atoms with E-state index in [4.69, 9.17) is 0 Å². The van der Waals surface area contributed by atoms with E-state index in [1.165, 1.54) is 6.33 Å². The van der Waals surface area contributed by atoms with Gasteiger partial charge < -0.3 is 5.32 Å². The van der Waals surface area contributed by atoms with E-state index in [1.807, 2.05) is 24.3 Å². The average Bonchev–Trinajstić information content (AvgIpc) is 2.62. The monoisotopic (exact) mass is 363 g/mol. The SMILES string of the molecule is C[C@@H](Sc1ncnc2ccccc12)C(=O)Nc1ccc(F)c(F)c1F. The van der Waals surface area contributed by atoms with Crippen LogP contribution in [-0.4, -0.2) is 21.1 Å². The van der Waals surface area contributed by atoms with Crippen molar-refractivity contribution in [3.05, 3.63) is 60.2 Å². The Morgan fingerprint density at radius 2 is 1.84 bits per heavy atom. The maximum atomic E-state index is 13.7. The summed E-state index contributed by atoms with van der Waals surface area (Å²) in [6, 6.07) is 9.05. The summed E-state index contributed by atoms with van der Waals surface area (Å²) >= 11 is 1.16. The van der Waals surface area contributed by atoms with Crippen LogP contribution in [0.4, 0.5) is 18.9 Å². The van der Waals surface area contributed by atoms with Gasteiger partial charge in [-0.15, -0.1) is 0 Å². The number of nitrogens with one attached hydrogen (secondary N) is 1. The number of para-hydroxylation sites is 1. The fraction of sp³-hybridized carbons (Fsp3) is 0.118. The summed E-state index contributed by atoms with van der Waals surface area (Å²) in [6.45, 7) is 1.61. The van der Waals surface area contributed by atoms with Crippen LogP contribution in [0.15, 0.2) is 47.8 Å². The van der Waals surface area contributed by atoms with Gasteiger partial charge in [0.2, 0.25) is 5.91 Å². The minimum atomic E-state index is -1.63. The van der Waals surface area contributed by atoms with Crippen molar-refractivity contribution in [2.75, 3.05) is 5.32 Å². The van der Waals surface area contributed by atoms with E-state index >= 15 is 0 Å². The molecule has 1 aromatic heterocycles. The number of carbonyl (C=O) groups is 1. The topological polar surface area (TPSA) is 54.9 Å². The quantitative estimate of drug-likeness (QED) is 0.429. The highest BCUT2D eigenvalue weighted by Gasteiger charge is 2.20. The van der Waals surface area contributed by atoms with Crippen molar-refractivity contribution in [2.45, 2.75) is 17.2 Å². The van der Waals surface area contributed by atoms with Crippen LogP contribution in [0, 0.1) is 17.5 Å². The highest BCUT2D eigenvalue weighted by molar-refractivity contribution is 8.00. The van der Waals surface area contributed by atoms with Crippen LogP contribution in [0.25, 0.3) is 10.9 Å². The number of carbonyl (C=O) groups excluding carboxylic acids is 1. The Kier molecular flexibility index (Phi) is 4.89. The number of anilines is 1. The van der Waals surface area contributed by atoms with Crippen molar-refractivity contribution in [2.24, 2.45) is 0 Å². The lowest BCUT2D eigenvalue weighted by molar-refractivity contribution is -0.115. The molecule has 0 saturated carbocycles. The first-order chi connectivity index (χ1) is 12.0. The number of hydrogen-bond donors (Lipinski definition) is 1. The summed E-state index contributed by atoms with van der Waals surface area (Å²) < 4.78 is 39.9. The van der Waals surface area contributed by atoms with Gasteiger partial charge in [0.25, 0.3) is 0 Å². The van der Waals surface area contributed by atoms with E-state index in [-0.39, 0.29) is 0 Å². The normalized spacial score (nSPS) is 12.2. The molecule has 1 heterocycles. The zero-order valence-corrected chi connectivity index (χ0v) is 13.8. The molecule has 128 valence electrons. The summed E-state index contributed by atoms with van der Waals surface area (Å²) in [5.41, 5.74) is 0.322. The van der Waals surface area contributed by atoms with Crippen molar-refractivity contribution in [1.82, 2.24) is 9.97 Å². The molecule has 8 heteroatoms. The first kappa shape index (κ1) is 17.2. The smallest absolute Gasteiger partial charge is 0.237 e. The lowest BCUT2D eigenvalue weighted by atomic mass is 10.2. The zero-order valence-electron chi connectivity index (χ0n) is 13.0. The van der Waals surface area contributed by atoms with Gasteiger partial charge >= 0.3 is 0 Å². The van der Waals surface area contributed by atoms with Crippen molar-refractivity contribution >= 4 is 34.3 Å². The fourth-order valence-electron chi connectivity index (χ4n) is 2.15. The van der Waals surface area contributed by atoms with Crippen LogP contribution in [0.2, 0.25) is 0 Å². The number of amides is 1. The van der Waals surface area contributed by atoms with Crippen LogP contribution >= 0.6 is 11.8 Å². The Morgan fingerprint density at radius 1 is 1.08 bits per heavy atom. The standard InChI is InChI=1S/C17H12F3N3OS/c1-9(16(24)23-13-7-6-11(18)14(19)15(13)20)25-17-10-4-2-3-5-12(10)21-8-22-17/h2-9H,1H3,(H,23,24)/t9-/m1/s1. The molecule has 4 nitrogen and oxygen atoms in total. The van der Waals surface area contributed by atoms with E-state index < -0.39 is 34.3 Å². The lowest BCUT2D eigenvalue weighted by Crippen LogP contribution is -2.23. The molecule has 1 amide bonds. The van der Waals surface area contributed by atoms with Gasteiger partial charge in [0.05, 0.1) is 16.5 Å². The lowest BCUT2D eigenvalue weighted by Gasteiger charge is -2.13. The van der Waals surface area contributed by atoms with E-state index in [0.717, 1.165) is 34.8 Å². The molecule has 0 bridgehead atoms. The van der Waals surface area contributed by atoms with Crippen molar-refractivity contribution in [3.63, 3.8) is 0 Å². The molecule has 0 spiro atoms. The maximum Gasteiger partial charge on any atom is 0.237 e. The van der Waals surface area contributed by atoms with Gasteiger partial charge in [-0.05, 0) is 25.1 Å². The molecule has 25 heavy (non-hydrogen) atoms. The highest BCUT2D eigenvalue weighted by atomic mass is 32.2. The van der Waals surface area contributed by atoms with E-state index in [0.29, 0.717) is 5.03 Å². The van der Waals surface area contributed by atoms with Crippen molar-refractivity contribution in [1.29, 1.82) is 0 Å². The van der Waals surface area contributed by atoms with Gasteiger partial charge in [-0.1, -0.05) is 30.0 Å². The molecular weight excluding hydrogens is 351 g/mol. The van der Waals surface area contributed by atoms with Crippen LogP contribution in [0.3, 0.4) is 0 Å². The Labute approximate surface area is 145 Å². The summed E-state index contributed by atoms with van der Waals surface area (Å²) in [5, 5.41) is 3.00. The van der Waals surface area contributed by atoms with Gasteiger partial charge in [0.15, 0.2) is 17.5 Å². The predicted octanol–water partition coefficient (Wildman–Crippen LogP) is 4.17. The second-order valence-electron chi connectivity index (χ2n) is 5.17. The third kappa shape index (κ3) is 3.58. The van der Waals surface area contributed by atoms with E-state index in [1.54, 1.807) is 6.92 Å². The zero-order chi connectivity index (χ0) is 18.0. The first-order valence-electron chi connectivity index (χ1n) is 7.28. The predicted molar refractivity (Wildman–Crippen MR) is 89.8 cm³/mol. The molecular formula is C17H12F3N3OS. The molecule has 0 aliphatic rings. The van der Waals surface area contributed by atoms with Crippen LogP contribution < -0.4 is 5.32 Å². The summed E-state index contributed by atoms with van der Waals surface area (Å²) in [6.07, 6.45) is 1.39. The molecule has 0 radical (unpaired) electrons. The molecule has 0 aliphatic carbocycles. The second kappa shape index (κ2) is 7.10. The first-order valence-corrected chi connectivity index (χ1v) is 8.16. The largest absolute Gasteiger partial charge is 0.323 e. The van der Waals surface area contributed by atoms with Crippen LogP contribution in [0.5, 0.6) is 0 Å². The van der Waals surface area contributed by atoms with Crippen LogP contribution in [-0.2, 0) is 4.79 Å². The van der Waals surface area contributed by atoms with E-state index in [9.17, 15) is 18.0 Å². The number of halogens is 3. The third-order valence-corrected chi connectivity index (χ3v) is 4.57. The number of hydrogen-bond acceptors (Lipinski definition) is 4. The Bertz CT molecular complexity index is 946. The minimum Gasteiger partial charge on any atom is -0.323 e. The minimum absolute atomic E-state index is 0.413. The van der Waals surface area contributed by atoms with Gasteiger partial charge in [-0.3, -0.25) is 4.79 Å². The Balaban J connectivity index is 1.78. The molecule has 2 aromatic carbocycles. The van der Waals surface area contributed by atoms with E-state index in [2.05, 4.69) is 15.3 Å². The second-order valence-corrected chi connectivity index (χ2v) is 6.50. The van der Waals surface area contributed by atoms with Gasteiger partial charge in [0, 0.05) is 5.39 Å². The number of rotatable bonds is 4. The van der Waals surface area contributed by atoms with Gasteiger partial charge in [-0.25, -0.2) is 23.1 Å². The summed E-state index contributed by atoms with van der Waals surface area (Å²) in [5.74, 6) is -4.93. The molecule has 0 fully saturated rings. The Hall–Kier alpha value is -2.61. The average molecular weight is 363 g/mol. The molecule has 0 aliphatic heterocycles. The van der Waals surface area contributed by atoms with Gasteiger partial charge in [-0.2, -0.15) is 0 Å². The molecule has 3 rings (SSSR count). The fourth-order valence-corrected chi connectivity index (χ4v) is 3.06. The summed E-state index contributed by atoms with van der Waals surface area (Å²) in [7, 11) is 0. The highest BCUT2D eigenvalue weighted by Crippen LogP contribution is 2.29. The van der Waals surface area contributed by atoms with Crippen LogP contribution in [0.1, 0.15) is 6.92 Å². The molecule has 1 N–H and O–H groups in total. The maximum absolute atomic E-state index is 13.7. The molecule has 1 atom stereocenters. The van der Waals surface area contributed by atoms with Gasteiger partial charge in [0.1, 0.15) is 11.4 Å². The van der Waals surface area contributed by atoms with Crippen molar-refractivity contribution < 1.29 is 18.0 Å². The molecule has 3 aromatic rings. The molecule has 0 saturated heterocycles. The Morgan fingerprint density at radius 3 is 2.64 bits per heavy atom. The summed E-state index contributed by atoms with van der Waals surface area (Å²) in [4.78, 5) is 20.6. The molecule has 0 unspecified atom stereocenters. The number of nitrogens with zero attached hydrogens (tertiary/aromatic N) is 2. The third-order valence-electron chi connectivity index (χ3n) is 3.46. The number of thioether (sulfide) groups is 1. The number of benzene rings is 2.